The van der Waals surface area contributed by atoms with E-state index in [1.165, 1.54) is 4.57 Å². The van der Waals surface area contributed by atoms with Crippen molar-refractivity contribution < 1.29 is 9.53 Å². The highest BCUT2D eigenvalue weighted by Gasteiger charge is 2.25. The fourth-order valence-electron chi connectivity index (χ4n) is 2.25. The van der Waals surface area contributed by atoms with Crippen LogP contribution in [0, 0.1) is 0 Å². The third-order valence-corrected chi connectivity index (χ3v) is 3.13. The number of para-hydroxylation sites is 1. The summed E-state index contributed by atoms with van der Waals surface area (Å²) >= 11 is 0. The first-order valence-electron chi connectivity index (χ1n) is 5.95. The van der Waals surface area contributed by atoms with Gasteiger partial charge in [0, 0.05) is 23.9 Å². The lowest BCUT2D eigenvalue weighted by Crippen LogP contribution is -2.29. The average Bonchev–Trinajstić information content (AvgIpc) is 2.86. The predicted octanol–water partition coefficient (Wildman–Crippen LogP) is 1.29. The van der Waals surface area contributed by atoms with Gasteiger partial charge >= 0.3 is 0 Å². The van der Waals surface area contributed by atoms with Crippen LogP contribution in [-0.4, -0.2) is 17.1 Å². The number of benzene rings is 1. The number of fused-ring (bicyclic) bond motifs is 1. The number of hydrogen-bond acceptors (Lipinski definition) is 3. The first-order valence-corrected chi connectivity index (χ1v) is 5.95. The molecule has 1 aromatic heterocycles. The standard InChI is InChI=1S/C14H12N2O3.ClH/c15-13(17)11-12-9(6-7-19-12)8-16(14(11)18)10-4-2-1-3-5-10;/h1-5,8H,6-7H2,(H2,15,17);1H. The second-order valence-electron chi connectivity index (χ2n) is 4.33. The summed E-state index contributed by atoms with van der Waals surface area (Å²) < 4.78 is 6.79. The Kier molecular flexibility index (Phi) is 3.81. The van der Waals surface area contributed by atoms with Gasteiger partial charge < -0.3 is 10.5 Å². The molecule has 0 saturated carbocycles. The number of ether oxygens (including phenoxy) is 1. The molecule has 6 heteroatoms. The fourth-order valence-corrected chi connectivity index (χ4v) is 2.25. The SMILES string of the molecule is Cl.NC(=O)c1c2c(cn(-c3ccccc3)c1=O)CCO2. The van der Waals surface area contributed by atoms with Crippen molar-refractivity contribution in [1.29, 1.82) is 0 Å². The molecule has 1 aliphatic rings. The van der Waals surface area contributed by atoms with Crippen molar-refractivity contribution in [2.24, 2.45) is 5.73 Å². The van der Waals surface area contributed by atoms with Crippen LogP contribution in [0.5, 0.6) is 5.75 Å². The van der Waals surface area contributed by atoms with E-state index >= 15 is 0 Å². The Morgan fingerprint density at radius 2 is 1.95 bits per heavy atom. The largest absolute Gasteiger partial charge is 0.492 e. The molecule has 0 bridgehead atoms. The molecule has 0 radical (unpaired) electrons. The van der Waals surface area contributed by atoms with Crippen LogP contribution in [0.1, 0.15) is 15.9 Å². The van der Waals surface area contributed by atoms with Crippen LogP contribution in [-0.2, 0) is 6.42 Å². The minimum Gasteiger partial charge on any atom is -0.492 e. The lowest BCUT2D eigenvalue weighted by Gasteiger charge is -2.10. The summed E-state index contributed by atoms with van der Waals surface area (Å²) in [5, 5.41) is 0. The number of nitrogens with zero attached hydrogens (tertiary/aromatic N) is 1. The molecule has 1 aromatic carbocycles. The van der Waals surface area contributed by atoms with Gasteiger partial charge in [0.1, 0.15) is 11.3 Å². The van der Waals surface area contributed by atoms with Crippen molar-refractivity contribution >= 4 is 18.3 Å². The van der Waals surface area contributed by atoms with Gasteiger partial charge in [0.2, 0.25) is 0 Å². The summed E-state index contributed by atoms with van der Waals surface area (Å²) in [5.41, 5.74) is 6.32. The van der Waals surface area contributed by atoms with E-state index in [1.807, 2.05) is 18.2 Å². The number of primary amides is 1. The molecule has 0 spiro atoms. The van der Waals surface area contributed by atoms with Crippen LogP contribution in [0.25, 0.3) is 5.69 Å². The Hall–Kier alpha value is -2.27. The van der Waals surface area contributed by atoms with E-state index in [-0.39, 0.29) is 18.0 Å². The minimum absolute atomic E-state index is 0. The Morgan fingerprint density at radius 1 is 1.25 bits per heavy atom. The predicted molar refractivity (Wildman–Crippen MR) is 77.0 cm³/mol. The maximum atomic E-state index is 12.4. The van der Waals surface area contributed by atoms with Crippen molar-refractivity contribution in [1.82, 2.24) is 4.57 Å². The first-order chi connectivity index (χ1) is 9.18. The molecular weight excluding hydrogens is 280 g/mol. The number of carbonyl (C=O) groups is 1. The van der Waals surface area contributed by atoms with Crippen LogP contribution >= 0.6 is 12.4 Å². The van der Waals surface area contributed by atoms with Gasteiger partial charge in [-0.25, -0.2) is 0 Å². The maximum absolute atomic E-state index is 12.4. The summed E-state index contributed by atoms with van der Waals surface area (Å²) in [7, 11) is 0. The number of rotatable bonds is 2. The van der Waals surface area contributed by atoms with Crippen molar-refractivity contribution in [3.63, 3.8) is 0 Å². The smallest absolute Gasteiger partial charge is 0.271 e. The van der Waals surface area contributed by atoms with E-state index in [9.17, 15) is 9.59 Å². The number of aromatic nitrogens is 1. The highest BCUT2D eigenvalue weighted by atomic mass is 35.5. The topological polar surface area (TPSA) is 74.3 Å². The van der Waals surface area contributed by atoms with E-state index in [2.05, 4.69) is 0 Å². The van der Waals surface area contributed by atoms with Crippen molar-refractivity contribution in [3.8, 4) is 11.4 Å². The number of pyridine rings is 1. The van der Waals surface area contributed by atoms with Crippen molar-refractivity contribution in [2.45, 2.75) is 6.42 Å². The second kappa shape index (κ2) is 5.38. The zero-order valence-electron chi connectivity index (χ0n) is 10.5. The Morgan fingerprint density at radius 3 is 2.60 bits per heavy atom. The number of halogens is 1. The Labute approximate surface area is 121 Å². The van der Waals surface area contributed by atoms with Gasteiger partial charge in [-0.2, -0.15) is 0 Å². The molecule has 0 aliphatic carbocycles. The molecule has 1 aliphatic heterocycles. The maximum Gasteiger partial charge on any atom is 0.271 e. The number of nitrogens with two attached hydrogens (primary N) is 1. The van der Waals surface area contributed by atoms with Gasteiger partial charge in [0.25, 0.3) is 11.5 Å². The van der Waals surface area contributed by atoms with Gasteiger partial charge in [0.05, 0.1) is 6.61 Å². The van der Waals surface area contributed by atoms with Crippen LogP contribution < -0.4 is 16.0 Å². The summed E-state index contributed by atoms with van der Waals surface area (Å²) in [5.74, 6) is -0.418. The van der Waals surface area contributed by atoms with Crippen LogP contribution in [0.15, 0.2) is 41.3 Å². The number of amides is 1. The highest BCUT2D eigenvalue weighted by Crippen LogP contribution is 2.27. The molecule has 2 aromatic rings. The molecule has 104 valence electrons. The van der Waals surface area contributed by atoms with E-state index in [1.54, 1.807) is 18.3 Å². The lowest BCUT2D eigenvalue weighted by molar-refractivity contribution is 0.0995. The molecule has 0 unspecified atom stereocenters. The van der Waals surface area contributed by atoms with Gasteiger partial charge in [-0.05, 0) is 12.1 Å². The summed E-state index contributed by atoms with van der Waals surface area (Å²) in [6.07, 6.45) is 2.38. The molecule has 5 nitrogen and oxygen atoms in total. The molecular formula is C14H13ClN2O3. The van der Waals surface area contributed by atoms with Crippen LogP contribution in [0.2, 0.25) is 0 Å². The first kappa shape index (κ1) is 14.1. The van der Waals surface area contributed by atoms with E-state index < -0.39 is 11.5 Å². The van der Waals surface area contributed by atoms with Crippen molar-refractivity contribution in [3.05, 3.63) is 58.0 Å². The Bertz CT molecular complexity index is 710. The summed E-state index contributed by atoms with van der Waals surface area (Å²) in [6, 6.07) is 9.12. The zero-order valence-corrected chi connectivity index (χ0v) is 11.4. The van der Waals surface area contributed by atoms with Crippen LogP contribution in [0.3, 0.4) is 0 Å². The lowest BCUT2D eigenvalue weighted by atomic mass is 10.1. The quantitative estimate of drug-likeness (QED) is 0.906. The molecule has 2 heterocycles. The molecule has 20 heavy (non-hydrogen) atoms. The second-order valence-corrected chi connectivity index (χ2v) is 4.33. The van der Waals surface area contributed by atoms with E-state index in [4.69, 9.17) is 10.5 Å². The van der Waals surface area contributed by atoms with E-state index in [0.717, 1.165) is 5.56 Å². The summed E-state index contributed by atoms with van der Waals surface area (Å²) in [6.45, 7) is 0.466. The third kappa shape index (κ3) is 2.16. The molecule has 3 rings (SSSR count). The number of hydrogen-bond donors (Lipinski definition) is 1. The van der Waals surface area contributed by atoms with Crippen LogP contribution in [0.4, 0.5) is 0 Å². The molecule has 0 saturated heterocycles. The molecule has 0 atom stereocenters. The monoisotopic (exact) mass is 292 g/mol. The molecule has 0 fully saturated rings. The number of carbonyl (C=O) groups excluding carboxylic acids is 1. The molecule has 1 amide bonds. The normalized spacial score (nSPS) is 12.2. The minimum atomic E-state index is -0.756. The van der Waals surface area contributed by atoms with E-state index in [0.29, 0.717) is 24.5 Å². The van der Waals surface area contributed by atoms with Gasteiger partial charge in [-0.3, -0.25) is 14.2 Å². The molecule has 2 N–H and O–H groups in total. The summed E-state index contributed by atoms with van der Waals surface area (Å²) in [4.78, 5) is 23.8. The third-order valence-electron chi connectivity index (χ3n) is 3.13. The average molecular weight is 293 g/mol. The highest BCUT2D eigenvalue weighted by molar-refractivity contribution is 5.96. The fraction of sp³-hybridized carbons (Fsp3) is 0.143. The zero-order chi connectivity index (χ0) is 13.4. The van der Waals surface area contributed by atoms with Gasteiger partial charge in [0.15, 0.2) is 0 Å². The van der Waals surface area contributed by atoms with Gasteiger partial charge in [-0.1, -0.05) is 18.2 Å². The van der Waals surface area contributed by atoms with Gasteiger partial charge in [-0.15, -0.1) is 12.4 Å². The van der Waals surface area contributed by atoms with Crippen molar-refractivity contribution in [2.75, 3.05) is 6.61 Å². The Balaban J connectivity index is 0.00000147.